The van der Waals surface area contributed by atoms with Crippen LogP contribution in [0, 0.1) is 5.89 Å². The summed E-state index contributed by atoms with van der Waals surface area (Å²) in [6.45, 7) is 0. The molecule has 0 aromatic carbocycles. The first kappa shape index (κ1) is 1.62. The van der Waals surface area contributed by atoms with Crippen molar-refractivity contribution in [1.29, 1.82) is 0 Å². The quantitative estimate of drug-likeness (QED) is 0.551. The third-order valence-electron chi connectivity index (χ3n) is 0.779. The van der Waals surface area contributed by atoms with E-state index in [1.807, 2.05) is 0 Å². The Labute approximate surface area is 65.4 Å². The number of hydrogen-bond acceptors (Lipinski definition) is 1. The Bertz CT molecular complexity index is 401. The topological polar surface area (TPSA) is 37.3 Å². The van der Waals surface area contributed by atoms with E-state index in [9.17, 15) is 4.79 Å². The second-order valence-corrected chi connectivity index (χ2v) is 1.38. The van der Waals surface area contributed by atoms with Crippen molar-refractivity contribution in [1.82, 2.24) is 0 Å². The van der Waals surface area contributed by atoms with Crippen LogP contribution in [-0.2, 0) is 4.79 Å². The van der Waals surface area contributed by atoms with E-state index in [4.69, 9.17) is 16.1 Å². The summed E-state index contributed by atoms with van der Waals surface area (Å²) in [6, 6.07) is -1.05. The fraction of sp³-hybridized carbons (Fsp3) is 0.571. The summed E-state index contributed by atoms with van der Waals surface area (Å²) in [5, 5.41) is 8.81. The lowest BCUT2D eigenvalue weighted by Crippen LogP contribution is -2.12. The van der Waals surface area contributed by atoms with Crippen molar-refractivity contribution in [3.05, 3.63) is 12.1 Å². The van der Waals surface area contributed by atoms with Gasteiger partial charge in [0.25, 0.3) is 0 Å². The summed E-state index contributed by atoms with van der Waals surface area (Å²) >= 11 is 0. The SMILES string of the molecule is [2H]C1=CC([2H])(C(=O)O)C([2H])([2H])C([2H])([2H])C1([2H])[2H]. The van der Waals surface area contributed by atoms with Gasteiger partial charge in [0, 0.05) is 9.60 Å². The Hall–Kier alpha value is -0.790. The molecular weight excluding hydrogens is 116 g/mol. The van der Waals surface area contributed by atoms with Gasteiger partial charge in [0.2, 0.25) is 0 Å². The molecular formula is C7H10O2. The highest BCUT2D eigenvalue weighted by atomic mass is 16.4. The Morgan fingerprint density at radius 2 is 2.89 bits per heavy atom. The van der Waals surface area contributed by atoms with Crippen LogP contribution in [-0.4, -0.2) is 11.1 Å². The smallest absolute Gasteiger partial charge is 0.310 e. The molecule has 0 spiro atoms. The molecule has 0 amide bonds. The molecule has 1 unspecified atom stereocenters. The zero-order valence-corrected chi connectivity index (χ0v) is 4.43. The molecule has 2 nitrogen and oxygen atoms in total. The summed E-state index contributed by atoms with van der Waals surface area (Å²) in [7, 11) is 0. The van der Waals surface area contributed by atoms with Crippen molar-refractivity contribution in [3.63, 3.8) is 0 Å². The molecule has 1 rings (SSSR count). The van der Waals surface area contributed by atoms with E-state index in [1.165, 1.54) is 0 Å². The minimum absolute atomic E-state index is 0.302. The predicted molar refractivity (Wildman–Crippen MR) is 34.1 cm³/mol. The van der Waals surface area contributed by atoms with Crippen molar-refractivity contribution in [3.8, 4) is 0 Å². The van der Waals surface area contributed by atoms with E-state index in [1.54, 1.807) is 0 Å². The van der Waals surface area contributed by atoms with Crippen LogP contribution in [0.1, 0.15) is 30.1 Å². The number of allylic oxidation sites excluding steroid dienone is 1. The molecule has 0 bridgehead atoms. The van der Waals surface area contributed by atoms with Crippen LogP contribution >= 0.6 is 0 Å². The first-order valence-electron chi connectivity index (χ1n) is 6.26. The summed E-state index contributed by atoms with van der Waals surface area (Å²) in [4.78, 5) is 10.9. The van der Waals surface area contributed by atoms with Crippen LogP contribution in [0.3, 0.4) is 0 Å². The van der Waals surface area contributed by atoms with Gasteiger partial charge in [0.15, 0.2) is 0 Å². The lowest BCUT2D eigenvalue weighted by atomic mass is 9.96. The van der Waals surface area contributed by atoms with Crippen molar-refractivity contribution in [2.24, 2.45) is 5.89 Å². The third kappa shape index (κ3) is 1.56. The molecule has 0 fully saturated rings. The molecule has 1 aliphatic carbocycles. The number of carboxylic acid groups (broad SMARTS) is 1. The largest absolute Gasteiger partial charge is 0.481 e. The summed E-state index contributed by atoms with van der Waals surface area (Å²) in [5.74, 6) is -4.99. The highest BCUT2D eigenvalue weighted by molar-refractivity contribution is 5.72. The molecule has 0 radical (unpaired) electrons. The van der Waals surface area contributed by atoms with Gasteiger partial charge < -0.3 is 5.11 Å². The number of carbonyl (C=O) groups is 1. The summed E-state index contributed by atoms with van der Waals surface area (Å²) in [6.07, 6.45) is -9.29. The van der Waals surface area contributed by atoms with Gasteiger partial charge in [0.1, 0.15) is 0 Å². The van der Waals surface area contributed by atoms with Crippen molar-refractivity contribution >= 4 is 5.97 Å². The third-order valence-corrected chi connectivity index (χ3v) is 0.779. The lowest BCUT2D eigenvalue weighted by Gasteiger charge is -2.09. The maximum Gasteiger partial charge on any atom is 0.310 e. The Balaban J connectivity index is 3.63. The van der Waals surface area contributed by atoms with Gasteiger partial charge in [-0.3, -0.25) is 4.79 Å². The minimum Gasteiger partial charge on any atom is -0.481 e. The molecule has 9 heavy (non-hydrogen) atoms. The molecule has 0 saturated carbocycles. The van der Waals surface area contributed by atoms with Gasteiger partial charge in [-0.05, 0) is 19.1 Å². The van der Waals surface area contributed by atoms with Crippen molar-refractivity contribution in [2.75, 3.05) is 0 Å². The average molecular weight is 134 g/mol. The molecule has 0 aromatic heterocycles. The van der Waals surface area contributed by atoms with Crippen LogP contribution in [0.2, 0.25) is 0 Å². The van der Waals surface area contributed by atoms with Gasteiger partial charge in [0.05, 0.1) is 7.26 Å². The summed E-state index contributed by atoms with van der Waals surface area (Å²) < 4.78 is 59.0. The first-order valence-corrected chi connectivity index (χ1v) is 2.26. The van der Waals surface area contributed by atoms with Gasteiger partial charge in [-0.15, -0.1) is 0 Å². The predicted octanol–water partition coefficient (Wildman–Crippen LogP) is 1.43. The van der Waals surface area contributed by atoms with Crippen LogP contribution in [0.15, 0.2) is 12.1 Å². The molecule has 1 N–H and O–H groups in total. The Kier molecular flexibility index (Phi) is 0.481. The van der Waals surface area contributed by atoms with E-state index >= 15 is 0 Å². The Morgan fingerprint density at radius 3 is 3.56 bits per heavy atom. The number of rotatable bonds is 1. The second kappa shape index (κ2) is 2.67. The van der Waals surface area contributed by atoms with E-state index in [0.717, 1.165) is 0 Å². The molecule has 1 aliphatic rings. The molecule has 2 heteroatoms. The summed E-state index contributed by atoms with van der Waals surface area (Å²) in [5.41, 5.74) is 0. The van der Waals surface area contributed by atoms with Gasteiger partial charge in [-0.2, -0.15) is 0 Å². The Morgan fingerprint density at radius 1 is 2.11 bits per heavy atom. The molecule has 0 heterocycles. The van der Waals surface area contributed by atoms with E-state index in [0.29, 0.717) is 6.08 Å². The second-order valence-electron chi connectivity index (χ2n) is 1.38. The normalized spacial score (nSPS) is 65.1. The first-order chi connectivity index (χ1) is 7.32. The lowest BCUT2D eigenvalue weighted by molar-refractivity contribution is -0.140. The van der Waals surface area contributed by atoms with Gasteiger partial charge in [-0.25, -0.2) is 0 Å². The number of carboxylic acids is 1. The maximum atomic E-state index is 10.9. The van der Waals surface area contributed by atoms with Crippen LogP contribution in [0.25, 0.3) is 0 Å². The zero-order valence-electron chi connectivity index (χ0n) is 12.4. The van der Waals surface area contributed by atoms with E-state index in [-0.39, 0.29) is 0 Å². The van der Waals surface area contributed by atoms with Gasteiger partial charge >= 0.3 is 5.97 Å². The minimum atomic E-state index is -3.31. The highest BCUT2D eigenvalue weighted by Gasteiger charge is 2.14. The van der Waals surface area contributed by atoms with E-state index in [2.05, 4.69) is 0 Å². The average Bonchev–Trinajstić information content (AvgIpc) is 2.14. The van der Waals surface area contributed by atoms with Crippen LogP contribution in [0.5, 0.6) is 0 Å². The zero-order chi connectivity index (χ0) is 13.9. The number of hydrogen-bond donors (Lipinski definition) is 1. The molecule has 0 aliphatic heterocycles. The fourth-order valence-electron chi connectivity index (χ4n) is 0.394. The fourth-order valence-corrected chi connectivity index (χ4v) is 0.394. The molecule has 0 aromatic rings. The maximum absolute atomic E-state index is 10.9. The van der Waals surface area contributed by atoms with Crippen LogP contribution < -0.4 is 0 Å². The number of aliphatic carboxylic acids is 1. The van der Waals surface area contributed by atoms with Gasteiger partial charge in [-0.1, -0.05) is 12.1 Å². The van der Waals surface area contributed by atoms with Crippen LogP contribution in [0.4, 0.5) is 0 Å². The molecule has 0 saturated heterocycles. The van der Waals surface area contributed by atoms with E-state index < -0.39 is 37.0 Å². The monoisotopic (exact) mass is 134 g/mol. The van der Waals surface area contributed by atoms with Crippen molar-refractivity contribution in [2.45, 2.75) is 19.1 Å². The molecule has 1 atom stereocenters. The molecule has 50 valence electrons. The van der Waals surface area contributed by atoms with Crippen molar-refractivity contribution < 1.29 is 20.9 Å². The standard InChI is InChI=1S/C7H10O2/c8-7(9)6-4-2-1-3-5-6/h2,4,6H,1,3,5H2,(H,8,9)/i1D2,2D,3D2,5D2,6D. The highest BCUT2D eigenvalue weighted by Crippen LogP contribution is 2.16.